The Bertz CT molecular complexity index is 500. The van der Waals surface area contributed by atoms with Crippen LogP contribution in [0.5, 0.6) is 0 Å². The van der Waals surface area contributed by atoms with Gasteiger partial charge in [-0.05, 0) is 22.4 Å². The molecule has 0 bridgehead atoms. The second-order valence-corrected chi connectivity index (χ2v) is 4.71. The molecule has 0 radical (unpaired) electrons. The molecule has 2 rings (SSSR count). The number of carbonyl (C=O) groups is 1. The van der Waals surface area contributed by atoms with E-state index in [4.69, 9.17) is 0 Å². The van der Waals surface area contributed by atoms with E-state index in [1.54, 1.807) is 10.9 Å². The van der Waals surface area contributed by atoms with Gasteiger partial charge in [-0.2, -0.15) is 5.10 Å². The first-order valence-electron chi connectivity index (χ1n) is 5.43. The molecule has 0 unspecified atom stereocenters. The Kier molecular flexibility index (Phi) is 3.74. The minimum Gasteiger partial charge on any atom is -0.294 e. The van der Waals surface area contributed by atoms with Crippen LogP contribution in [-0.2, 0) is 13.5 Å². The highest BCUT2D eigenvalue weighted by molar-refractivity contribution is 9.10. The van der Waals surface area contributed by atoms with Gasteiger partial charge in [-0.3, -0.25) is 9.48 Å². The molecule has 1 aromatic carbocycles. The lowest BCUT2D eigenvalue weighted by atomic mass is 10.1. The van der Waals surface area contributed by atoms with Gasteiger partial charge in [0.05, 0.1) is 16.4 Å². The quantitative estimate of drug-likeness (QED) is 0.812. The number of nitrogens with zero attached hydrogens (tertiary/aromatic N) is 2. The Morgan fingerprint density at radius 2 is 2.06 bits per heavy atom. The molecule has 0 saturated carbocycles. The zero-order chi connectivity index (χ0) is 12.3. The van der Waals surface area contributed by atoms with E-state index in [0.29, 0.717) is 12.8 Å². The van der Waals surface area contributed by atoms with Crippen molar-refractivity contribution in [2.24, 2.45) is 7.05 Å². The van der Waals surface area contributed by atoms with Crippen molar-refractivity contribution < 1.29 is 4.79 Å². The van der Waals surface area contributed by atoms with Crippen molar-refractivity contribution in [3.05, 3.63) is 52.3 Å². The summed E-state index contributed by atoms with van der Waals surface area (Å²) in [7, 11) is 1.88. The number of ketones is 1. The zero-order valence-electron chi connectivity index (χ0n) is 9.56. The molecule has 3 nitrogen and oxygen atoms in total. The van der Waals surface area contributed by atoms with Gasteiger partial charge in [0, 0.05) is 19.0 Å². The van der Waals surface area contributed by atoms with E-state index in [1.165, 1.54) is 0 Å². The monoisotopic (exact) mass is 292 g/mol. The molecule has 0 aliphatic rings. The molecule has 0 spiro atoms. The number of aromatic nitrogens is 2. The summed E-state index contributed by atoms with van der Waals surface area (Å²) in [5.74, 6) is 0.165. The van der Waals surface area contributed by atoms with Crippen molar-refractivity contribution in [2.45, 2.75) is 12.8 Å². The number of carbonyl (C=O) groups excluding carboxylic acids is 1. The fourth-order valence-electron chi connectivity index (χ4n) is 1.72. The molecule has 88 valence electrons. The molecule has 0 amide bonds. The fraction of sp³-hybridized carbons (Fsp3) is 0.231. The normalized spacial score (nSPS) is 10.5. The van der Waals surface area contributed by atoms with Crippen LogP contribution in [0, 0.1) is 0 Å². The van der Waals surface area contributed by atoms with Gasteiger partial charge in [0.15, 0.2) is 5.78 Å². The van der Waals surface area contributed by atoms with Crippen LogP contribution in [0.2, 0.25) is 0 Å². The van der Waals surface area contributed by atoms with Crippen molar-refractivity contribution in [3.63, 3.8) is 0 Å². The van der Waals surface area contributed by atoms with Crippen molar-refractivity contribution in [1.82, 2.24) is 9.78 Å². The van der Waals surface area contributed by atoms with E-state index < -0.39 is 0 Å². The molecule has 4 heteroatoms. The Morgan fingerprint density at radius 3 is 2.65 bits per heavy atom. The molecule has 0 saturated heterocycles. The van der Waals surface area contributed by atoms with Gasteiger partial charge >= 0.3 is 0 Å². The number of hydrogen-bond donors (Lipinski definition) is 0. The number of rotatable bonds is 4. The van der Waals surface area contributed by atoms with Crippen molar-refractivity contribution >= 4 is 21.7 Å². The van der Waals surface area contributed by atoms with Gasteiger partial charge in [0.25, 0.3) is 0 Å². The highest BCUT2D eigenvalue weighted by Crippen LogP contribution is 2.17. The van der Waals surface area contributed by atoms with E-state index >= 15 is 0 Å². The standard InChI is InChI=1S/C13H13BrN2O/c1-16-12(11(14)9-15-16)7-8-13(17)10-5-3-2-4-6-10/h2-6,9H,7-8H2,1H3. The largest absolute Gasteiger partial charge is 0.294 e. The van der Waals surface area contributed by atoms with Crippen molar-refractivity contribution in [3.8, 4) is 0 Å². The van der Waals surface area contributed by atoms with Crippen LogP contribution in [0.4, 0.5) is 0 Å². The van der Waals surface area contributed by atoms with Gasteiger partial charge in [-0.25, -0.2) is 0 Å². The fourth-order valence-corrected chi connectivity index (χ4v) is 2.26. The summed E-state index contributed by atoms with van der Waals surface area (Å²) in [5.41, 5.74) is 1.82. The zero-order valence-corrected chi connectivity index (χ0v) is 11.1. The van der Waals surface area contributed by atoms with Crippen LogP contribution >= 0.6 is 15.9 Å². The summed E-state index contributed by atoms with van der Waals surface area (Å²) in [6, 6.07) is 9.37. The molecule has 1 aromatic heterocycles. The van der Waals surface area contributed by atoms with E-state index in [9.17, 15) is 4.79 Å². The molecule has 0 atom stereocenters. The number of Topliss-reactive ketones (excluding diaryl/α,β-unsaturated/α-hetero) is 1. The predicted molar refractivity (Wildman–Crippen MR) is 70.0 cm³/mol. The molecule has 0 N–H and O–H groups in total. The maximum atomic E-state index is 11.9. The van der Waals surface area contributed by atoms with Gasteiger partial charge < -0.3 is 0 Å². The average molecular weight is 293 g/mol. The second-order valence-electron chi connectivity index (χ2n) is 3.85. The molecule has 1 heterocycles. The lowest BCUT2D eigenvalue weighted by Crippen LogP contribution is -2.04. The van der Waals surface area contributed by atoms with E-state index in [1.807, 2.05) is 37.4 Å². The lowest BCUT2D eigenvalue weighted by molar-refractivity contribution is 0.0982. The highest BCUT2D eigenvalue weighted by atomic mass is 79.9. The third kappa shape index (κ3) is 2.82. The van der Waals surface area contributed by atoms with Gasteiger partial charge in [-0.1, -0.05) is 30.3 Å². The summed E-state index contributed by atoms with van der Waals surface area (Å²) in [5, 5.41) is 4.13. The predicted octanol–water partition coefficient (Wildman–Crippen LogP) is 3.00. The minimum absolute atomic E-state index is 0.165. The minimum atomic E-state index is 0.165. The summed E-state index contributed by atoms with van der Waals surface area (Å²) < 4.78 is 2.75. The van der Waals surface area contributed by atoms with Crippen LogP contribution in [-0.4, -0.2) is 15.6 Å². The highest BCUT2D eigenvalue weighted by Gasteiger charge is 2.10. The van der Waals surface area contributed by atoms with Gasteiger partial charge in [0.2, 0.25) is 0 Å². The van der Waals surface area contributed by atoms with E-state index in [-0.39, 0.29) is 5.78 Å². The Balaban J connectivity index is 2.02. The van der Waals surface area contributed by atoms with Crippen LogP contribution < -0.4 is 0 Å². The molecule has 0 fully saturated rings. The number of halogens is 1. The van der Waals surface area contributed by atoms with Crippen LogP contribution in [0.25, 0.3) is 0 Å². The second kappa shape index (κ2) is 5.27. The van der Waals surface area contributed by atoms with E-state index in [2.05, 4.69) is 21.0 Å². The van der Waals surface area contributed by atoms with Gasteiger partial charge in [0.1, 0.15) is 0 Å². The summed E-state index contributed by atoms with van der Waals surface area (Å²) in [6.07, 6.45) is 2.95. The first-order chi connectivity index (χ1) is 8.18. The average Bonchev–Trinajstić information content (AvgIpc) is 2.67. The molecule has 0 aliphatic carbocycles. The Labute approximate surface area is 109 Å². The summed E-state index contributed by atoms with van der Waals surface area (Å²) in [4.78, 5) is 11.9. The van der Waals surface area contributed by atoms with Crippen molar-refractivity contribution in [2.75, 3.05) is 0 Å². The molecule has 2 aromatic rings. The molecule has 17 heavy (non-hydrogen) atoms. The maximum Gasteiger partial charge on any atom is 0.163 e. The number of aryl methyl sites for hydroxylation is 1. The van der Waals surface area contributed by atoms with E-state index in [0.717, 1.165) is 15.7 Å². The first kappa shape index (κ1) is 12.0. The number of benzene rings is 1. The maximum absolute atomic E-state index is 11.9. The third-order valence-electron chi connectivity index (χ3n) is 2.70. The molecular formula is C13H13BrN2O. The Morgan fingerprint density at radius 1 is 1.35 bits per heavy atom. The summed E-state index contributed by atoms with van der Waals surface area (Å²) >= 11 is 3.43. The molecule has 0 aliphatic heterocycles. The van der Waals surface area contributed by atoms with Crippen LogP contribution in [0.3, 0.4) is 0 Å². The summed E-state index contributed by atoms with van der Waals surface area (Å²) in [6.45, 7) is 0. The third-order valence-corrected chi connectivity index (χ3v) is 3.36. The Hall–Kier alpha value is -1.42. The van der Waals surface area contributed by atoms with Crippen LogP contribution in [0.1, 0.15) is 22.5 Å². The molecular weight excluding hydrogens is 280 g/mol. The topological polar surface area (TPSA) is 34.9 Å². The van der Waals surface area contributed by atoms with Gasteiger partial charge in [-0.15, -0.1) is 0 Å². The first-order valence-corrected chi connectivity index (χ1v) is 6.22. The SMILES string of the molecule is Cn1ncc(Br)c1CCC(=O)c1ccccc1. The van der Waals surface area contributed by atoms with Crippen molar-refractivity contribution in [1.29, 1.82) is 0 Å². The smallest absolute Gasteiger partial charge is 0.163 e. The number of hydrogen-bond acceptors (Lipinski definition) is 2. The lowest BCUT2D eigenvalue weighted by Gasteiger charge is -2.03. The van der Waals surface area contributed by atoms with Crippen LogP contribution in [0.15, 0.2) is 41.0 Å².